The van der Waals surface area contributed by atoms with Crippen LogP contribution in [-0.2, 0) is 6.54 Å². The molecule has 0 spiro atoms. The summed E-state index contributed by atoms with van der Waals surface area (Å²) in [6.07, 6.45) is 5.38. The van der Waals surface area contributed by atoms with Gasteiger partial charge in [-0.05, 0) is 32.3 Å². The fourth-order valence-corrected chi connectivity index (χ4v) is 2.09. The monoisotopic (exact) mass is 329 g/mol. The summed E-state index contributed by atoms with van der Waals surface area (Å²) in [6, 6.07) is 1.93. The molecule has 0 amide bonds. The Bertz CT molecular complexity index is 571. The lowest BCUT2D eigenvalue weighted by Crippen LogP contribution is -2.15. The lowest BCUT2D eigenvalue weighted by atomic mass is 10.0. The molecule has 0 aromatic carbocycles. The SMILES string of the molecule is CC(C)(O)O.CCC(CO)CCn1ccc2c(Cl)ncnc21. The van der Waals surface area contributed by atoms with E-state index >= 15 is 0 Å². The zero-order valence-corrected chi connectivity index (χ0v) is 14.0. The highest BCUT2D eigenvalue weighted by molar-refractivity contribution is 6.33. The fraction of sp³-hybridized carbons (Fsp3) is 0.600. The van der Waals surface area contributed by atoms with Crippen LogP contribution in [0.15, 0.2) is 18.6 Å². The molecule has 0 radical (unpaired) electrons. The molecule has 2 heterocycles. The van der Waals surface area contributed by atoms with E-state index in [4.69, 9.17) is 26.9 Å². The Morgan fingerprint density at radius 1 is 1.32 bits per heavy atom. The lowest BCUT2D eigenvalue weighted by Gasteiger charge is -2.12. The Morgan fingerprint density at radius 3 is 2.50 bits per heavy atom. The second-order valence-corrected chi connectivity index (χ2v) is 6.01. The highest BCUT2D eigenvalue weighted by Gasteiger charge is 2.09. The largest absolute Gasteiger partial charge is 0.396 e. The maximum atomic E-state index is 9.16. The molecule has 7 heteroatoms. The van der Waals surface area contributed by atoms with Gasteiger partial charge in [0.25, 0.3) is 0 Å². The quantitative estimate of drug-likeness (QED) is 0.578. The maximum absolute atomic E-state index is 9.16. The van der Waals surface area contributed by atoms with E-state index in [2.05, 4.69) is 21.5 Å². The van der Waals surface area contributed by atoms with E-state index in [0.717, 1.165) is 30.4 Å². The number of aliphatic hydroxyl groups is 3. The first-order valence-electron chi connectivity index (χ1n) is 7.27. The van der Waals surface area contributed by atoms with Gasteiger partial charge in [0.15, 0.2) is 5.79 Å². The van der Waals surface area contributed by atoms with E-state index in [-0.39, 0.29) is 6.61 Å². The third-order valence-electron chi connectivity index (χ3n) is 3.12. The van der Waals surface area contributed by atoms with Crippen molar-refractivity contribution < 1.29 is 15.3 Å². The highest BCUT2D eigenvalue weighted by Crippen LogP contribution is 2.21. The summed E-state index contributed by atoms with van der Waals surface area (Å²) in [5, 5.41) is 26.7. The average molecular weight is 330 g/mol. The van der Waals surface area contributed by atoms with Crippen LogP contribution in [0.1, 0.15) is 33.6 Å². The summed E-state index contributed by atoms with van der Waals surface area (Å²) < 4.78 is 2.06. The van der Waals surface area contributed by atoms with Gasteiger partial charge in [0, 0.05) is 19.3 Å². The molecule has 6 nitrogen and oxygen atoms in total. The van der Waals surface area contributed by atoms with Crippen LogP contribution in [-0.4, -0.2) is 42.2 Å². The maximum Gasteiger partial charge on any atom is 0.156 e. The van der Waals surface area contributed by atoms with E-state index < -0.39 is 5.79 Å². The third-order valence-corrected chi connectivity index (χ3v) is 3.42. The number of aliphatic hydroxyl groups excluding tert-OH is 1. The van der Waals surface area contributed by atoms with Gasteiger partial charge < -0.3 is 19.9 Å². The van der Waals surface area contributed by atoms with Crippen molar-refractivity contribution in [2.24, 2.45) is 5.92 Å². The number of fused-ring (bicyclic) bond motifs is 1. The molecule has 0 bridgehead atoms. The van der Waals surface area contributed by atoms with Crippen LogP contribution in [0.3, 0.4) is 0 Å². The molecule has 0 aliphatic heterocycles. The minimum Gasteiger partial charge on any atom is -0.396 e. The van der Waals surface area contributed by atoms with Crippen LogP contribution in [0.2, 0.25) is 5.15 Å². The zero-order chi connectivity index (χ0) is 16.8. The predicted octanol–water partition coefficient (Wildman–Crippen LogP) is 2.20. The number of aromatic nitrogens is 3. The number of hydrogen-bond donors (Lipinski definition) is 3. The predicted molar refractivity (Wildman–Crippen MR) is 86.5 cm³/mol. The van der Waals surface area contributed by atoms with Crippen molar-refractivity contribution >= 4 is 22.6 Å². The van der Waals surface area contributed by atoms with Crippen LogP contribution < -0.4 is 0 Å². The number of hydrogen-bond acceptors (Lipinski definition) is 5. The van der Waals surface area contributed by atoms with Crippen molar-refractivity contribution in [3.05, 3.63) is 23.7 Å². The van der Waals surface area contributed by atoms with Gasteiger partial charge in [0.2, 0.25) is 0 Å². The number of aryl methyl sites for hydroxylation is 1. The first kappa shape index (κ1) is 18.8. The molecule has 1 atom stereocenters. The zero-order valence-electron chi connectivity index (χ0n) is 13.2. The molecule has 0 saturated heterocycles. The molecule has 0 aliphatic rings. The second-order valence-electron chi connectivity index (χ2n) is 5.65. The van der Waals surface area contributed by atoms with Crippen molar-refractivity contribution in [3.63, 3.8) is 0 Å². The van der Waals surface area contributed by atoms with E-state index in [1.54, 1.807) is 0 Å². The Morgan fingerprint density at radius 2 is 1.95 bits per heavy atom. The average Bonchev–Trinajstić information content (AvgIpc) is 2.83. The Labute approximate surface area is 135 Å². The van der Waals surface area contributed by atoms with Crippen molar-refractivity contribution in [2.45, 2.75) is 45.9 Å². The Hall–Kier alpha value is -1.21. The van der Waals surface area contributed by atoms with Gasteiger partial charge in [-0.15, -0.1) is 0 Å². The smallest absolute Gasteiger partial charge is 0.156 e. The summed E-state index contributed by atoms with van der Waals surface area (Å²) in [4.78, 5) is 8.19. The lowest BCUT2D eigenvalue weighted by molar-refractivity contribution is -0.127. The molecule has 2 rings (SSSR count). The van der Waals surface area contributed by atoms with E-state index in [1.807, 2.05) is 12.3 Å². The Balaban J connectivity index is 0.000000422. The molecule has 2 aromatic heterocycles. The molecule has 2 aromatic rings. The van der Waals surface area contributed by atoms with Crippen LogP contribution in [0.5, 0.6) is 0 Å². The third kappa shape index (κ3) is 6.27. The number of rotatable bonds is 5. The van der Waals surface area contributed by atoms with E-state index in [9.17, 15) is 0 Å². The van der Waals surface area contributed by atoms with Crippen molar-refractivity contribution in [2.75, 3.05) is 6.61 Å². The van der Waals surface area contributed by atoms with Gasteiger partial charge in [-0.25, -0.2) is 9.97 Å². The van der Waals surface area contributed by atoms with Gasteiger partial charge in [-0.1, -0.05) is 24.9 Å². The van der Waals surface area contributed by atoms with Crippen LogP contribution in [0.25, 0.3) is 11.0 Å². The molecular weight excluding hydrogens is 306 g/mol. The summed E-state index contributed by atoms with van der Waals surface area (Å²) in [5.74, 6) is -1.15. The molecule has 22 heavy (non-hydrogen) atoms. The normalized spacial score (nSPS) is 12.9. The van der Waals surface area contributed by atoms with E-state index in [0.29, 0.717) is 11.1 Å². The molecule has 1 unspecified atom stereocenters. The van der Waals surface area contributed by atoms with Gasteiger partial charge in [0.1, 0.15) is 17.1 Å². The first-order valence-corrected chi connectivity index (χ1v) is 7.65. The highest BCUT2D eigenvalue weighted by atomic mass is 35.5. The molecular formula is C15H24ClN3O3. The van der Waals surface area contributed by atoms with Crippen molar-refractivity contribution in [1.82, 2.24) is 14.5 Å². The molecule has 124 valence electrons. The standard InChI is InChI=1S/C12H16ClN3O.C3H8O2/c1-2-9(7-17)3-5-16-6-4-10-11(13)14-8-15-12(10)16;1-3(2,4)5/h4,6,8-9,17H,2-3,5,7H2,1H3;4-5H,1-2H3. The minimum absolute atomic E-state index is 0.242. The van der Waals surface area contributed by atoms with E-state index in [1.165, 1.54) is 20.2 Å². The summed E-state index contributed by atoms with van der Waals surface area (Å²) >= 11 is 5.98. The molecule has 3 N–H and O–H groups in total. The molecule has 0 aliphatic carbocycles. The summed E-state index contributed by atoms with van der Waals surface area (Å²) in [6.45, 7) is 5.77. The van der Waals surface area contributed by atoms with Crippen LogP contribution in [0.4, 0.5) is 0 Å². The summed E-state index contributed by atoms with van der Waals surface area (Å²) in [7, 11) is 0. The minimum atomic E-state index is -1.50. The van der Waals surface area contributed by atoms with Gasteiger partial charge in [0.05, 0.1) is 5.39 Å². The number of halogens is 1. The van der Waals surface area contributed by atoms with Gasteiger partial charge in [-0.3, -0.25) is 0 Å². The van der Waals surface area contributed by atoms with Crippen molar-refractivity contribution in [1.29, 1.82) is 0 Å². The topological polar surface area (TPSA) is 91.4 Å². The van der Waals surface area contributed by atoms with Gasteiger partial charge >= 0.3 is 0 Å². The van der Waals surface area contributed by atoms with Gasteiger partial charge in [-0.2, -0.15) is 0 Å². The number of nitrogens with zero attached hydrogens (tertiary/aromatic N) is 3. The summed E-state index contributed by atoms with van der Waals surface area (Å²) in [5.41, 5.74) is 0.859. The molecule has 0 fully saturated rings. The fourth-order valence-electron chi connectivity index (χ4n) is 1.90. The second kappa shape index (κ2) is 8.43. The molecule has 0 saturated carbocycles. The van der Waals surface area contributed by atoms with Crippen LogP contribution >= 0.6 is 11.6 Å². The van der Waals surface area contributed by atoms with Crippen LogP contribution in [0, 0.1) is 5.92 Å². The Kier molecular flexibility index (Phi) is 7.22. The van der Waals surface area contributed by atoms with Crippen molar-refractivity contribution in [3.8, 4) is 0 Å². The first-order chi connectivity index (χ1) is 10.3.